The summed E-state index contributed by atoms with van der Waals surface area (Å²) < 4.78 is 37.2. The average Bonchev–Trinajstić information content (AvgIpc) is 2.70. The smallest absolute Gasteiger partial charge is 0.394 e. The molecule has 1 aromatic heterocycles. The zero-order chi connectivity index (χ0) is 15.6. The number of amides is 1. The van der Waals surface area contributed by atoms with Crippen LogP contribution in [-0.4, -0.2) is 16.1 Å². The van der Waals surface area contributed by atoms with Crippen molar-refractivity contribution < 1.29 is 18.0 Å². The van der Waals surface area contributed by atoms with Gasteiger partial charge in [0.1, 0.15) is 0 Å². The number of anilines is 2. The van der Waals surface area contributed by atoms with Crippen molar-refractivity contribution in [1.29, 1.82) is 0 Å². The highest BCUT2D eigenvalue weighted by Crippen LogP contribution is 2.29. The Balaban J connectivity index is 2.01. The maximum atomic E-state index is 12.4. The summed E-state index contributed by atoms with van der Waals surface area (Å²) in [6.45, 7) is 1.70. The van der Waals surface area contributed by atoms with Gasteiger partial charge in [-0.2, -0.15) is 18.3 Å². The van der Waals surface area contributed by atoms with Gasteiger partial charge in [-0.3, -0.25) is 9.89 Å². The number of hydrogen-bond donors (Lipinski definition) is 3. The lowest BCUT2D eigenvalue weighted by Crippen LogP contribution is -2.16. The van der Waals surface area contributed by atoms with Crippen LogP contribution in [0.1, 0.15) is 16.8 Å². The molecule has 0 unspecified atom stereocenters. The van der Waals surface area contributed by atoms with Crippen molar-refractivity contribution in [3.63, 3.8) is 0 Å². The topological polar surface area (TPSA) is 83.8 Å². The number of carbonyl (C=O) groups excluding carboxylic acids is 1. The molecule has 2 rings (SSSR count). The molecular weight excluding hydrogens is 285 g/mol. The van der Waals surface area contributed by atoms with Crippen molar-refractivity contribution in [1.82, 2.24) is 10.2 Å². The molecule has 0 radical (unpaired) electrons. The van der Waals surface area contributed by atoms with Crippen LogP contribution in [0.2, 0.25) is 0 Å². The van der Waals surface area contributed by atoms with Gasteiger partial charge >= 0.3 is 6.18 Å². The van der Waals surface area contributed by atoms with E-state index in [-0.39, 0.29) is 12.2 Å². The van der Waals surface area contributed by atoms with Crippen molar-refractivity contribution in [3.05, 3.63) is 41.1 Å². The number of nitrogens with zero attached hydrogens (tertiary/aromatic N) is 1. The molecule has 8 heteroatoms. The van der Waals surface area contributed by atoms with Gasteiger partial charge in [-0.15, -0.1) is 0 Å². The van der Waals surface area contributed by atoms with Gasteiger partial charge in [0.05, 0.1) is 23.4 Å². The quantitative estimate of drug-likeness (QED) is 0.814. The van der Waals surface area contributed by atoms with Crippen molar-refractivity contribution in [2.75, 3.05) is 11.1 Å². The highest BCUT2D eigenvalue weighted by molar-refractivity contribution is 5.94. The Morgan fingerprint density at radius 1 is 1.33 bits per heavy atom. The van der Waals surface area contributed by atoms with Crippen molar-refractivity contribution in [3.8, 4) is 0 Å². The number of nitrogens with one attached hydrogen (secondary N) is 2. The van der Waals surface area contributed by atoms with Gasteiger partial charge in [0, 0.05) is 0 Å². The first kappa shape index (κ1) is 14.9. The molecule has 1 heterocycles. The van der Waals surface area contributed by atoms with Crippen LogP contribution in [0.25, 0.3) is 0 Å². The lowest BCUT2D eigenvalue weighted by molar-refractivity contribution is -0.137. The fourth-order valence-electron chi connectivity index (χ4n) is 1.71. The lowest BCUT2D eigenvalue weighted by atomic mass is 10.1. The van der Waals surface area contributed by atoms with Gasteiger partial charge in [0.15, 0.2) is 5.82 Å². The van der Waals surface area contributed by atoms with Crippen LogP contribution in [-0.2, 0) is 17.4 Å². The fourth-order valence-corrected chi connectivity index (χ4v) is 1.71. The average molecular weight is 298 g/mol. The number of carbonyl (C=O) groups is 1. The summed E-state index contributed by atoms with van der Waals surface area (Å²) in [5.41, 5.74) is 6.35. The third-order valence-electron chi connectivity index (χ3n) is 2.90. The second-order valence-electron chi connectivity index (χ2n) is 4.53. The number of aromatic amines is 1. The van der Waals surface area contributed by atoms with Crippen molar-refractivity contribution >= 4 is 17.4 Å². The van der Waals surface area contributed by atoms with E-state index in [1.807, 2.05) is 0 Å². The highest BCUT2D eigenvalue weighted by atomic mass is 19.4. The van der Waals surface area contributed by atoms with Crippen LogP contribution in [0, 0.1) is 6.92 Å². The Labute approximate surface area is 118 Å². The van der Waals surface area contributed by atoms with Crippen molar-refractivity contribution in [2.24, 2.45) is 0 Å². The molecule has 0 aliphatic heterocycles. The van der Waals surface area contributed by atoms with E-state index in [0.29, 0.717) is 16.9 Å². The summed E-state index contributed by atoms with van der Waals surface area (Å²) in [6.07, 6.45) is -4.45. The zero-order valence-electron chi connectivity index (χ0n) is 11.1. The summed E-state index contributed by atoms with van der Waals surface area (Å²) in [6, 6.07) is 4.41. The minimum atomic E-state index is -4.39. The van der Waals surface area contributed by atoms with Gasteiger partial charge in [0.25, 0.3) is 0 Å². The molecule has 21 heavy (non-hydrogen) atoms. The molecular formula is C13H13F3N4O. The summed E-state index contributed by atoms with van der Waals surface area (Å²) in [5.74, 6) is -0.197. The van der Waals surface area contributed by atoms with E-state index in [9.17, 15) is 18.0 Å². The molecule has 4 N–H and O–H groups in total. The Morgan fingerprint density at radius 2 is 1.95 bits per heavy atom. The predicted octanol–water partition coefficient (Wildman–Crippen LogP) is 2.50. The van der Waals surface area contributed by atoms with Gasteiger partial charge in [0.2, 0.25) is 5.91 Å². The van der Waals surface area contributed by atoms with Crippen LogP contribution < -0.4 is 11.1 Å². The standard InChI is InChI=1S/C13H13F3N4O/c1-7-11(17)12(20-19-7)18-10(21)6-8-2-4-9(5-3-8)13(14,15)16/h2-5H,6,17H2,1H3,(H2,18,19,20,21). The number of rotatable bonds is 3. The number of benzene rings is 1. The number of alkyl halides is 3. The molecule has 2 aromatic rings. The molecule has 0 aliphatic rings. The molecule has 0 aliphatic carbocycles. The van der Waals surface area contributed by atoms with Gasteiger partial charge in [-0.05, 0) is 24.6 Å². The van der Waals surface area contributed by atoms with Crippen LogP contribution in [0.4, 0.5) is 24.7 Å². The maximum absolute atomic E-state index is 12.4. The Morgan fingerprint density at radius 3 is 2.43 bits per heavy atom. The van der Waals surface area contributed by atoms with E-state index >= 15 is 0 Å². The van der Waals surface area contributed by atoms with Crippen LogP contribution in [0.15, 0.2) is 24.3 Å². The molecule has 0 spiro atoms. The maximum Gasteiger partial charge on any atom is 0.416 e. The monoisotopic (exact) mass is 298 g/mol. The minimum Gasteiger partial charge on any atom is -0.394 e. The first-order valence-electron chi connectivity index (χ1n) is 6.04. The first-order chi connectivity index (χ1) is 9.77. The Bertz CT molecular complexity index is 646. The molecule has 0 saturated carbocycles. The van der Waals surface area contributed by atoms with Crippen molar-refractivity contribution in [2.45, 2.75) is 19.5 Å². The summed E-state index contributed by atoms with van der Waals surface area (Å²) >= 11 is 0. The van der Waals surface area contributed by atoms with E-state index in [1.165, 1.54) is 12.1 Å². The number of aryl methyl sites for hydroxylation is 1. The number of H-pyrrole nitrogens is 1. The van der Waals surface area contributed by atoms with E-state index in [0.717, 1.165) is 12.1 Å². The minimum absolute atomic E-state index is 0.0660. The summed E-state index contributed by atoms with van der Waals surface area (Å²) in [7, 11) is 0. The number of aromatic nitrogens is 2. The van der Waals surface area contributed by atoms with E-state index in [1.54, 1.807) is 6.92 Å². The van der Waals surface area contributed by atoms with Gasteiger partial charge in [-0.25, -0.2) is 0 Å². The molecule has 0 saturated heterocycles. The molecule has 5 nitrogen and oxygen atoms in total. The molecule has 1 amide bonds. The molecule has 0 fully saturated rings. The number of nitrogen functional groups attached to an aromatic ring is 1. The van der Waals surface area contributed by atoms with Crippen LogP contribution in [0.3, 0.4) is 0 Å². The third kappa shape index (κ3) is 3.53. The molecule has 112 valence electrons. The Kier molecular flexibility index (Phi) is 3.88. The second kappa shape index (κ2) is 5.47. The molecule has 0 bridgehead atoms. The largest absolute Gasteiger partial charge is 0.416 e. The molecule has 0 atom stereocenters. The third-order valence-corrected chi connectivity index (χ3v) is 2.90. The predicted molar refractivity (Wildman–Crippen MR) is 71.5 cm³/mol. The van der Waals surface area contributed by atoms with E-state index in [4.69, 9.17) is 5.73 Å². The number of hydrogen-bond acceptors (Lipinski definition) is 3. The Hall–Kier alpha value is -2.51. The highest BCUT2D eigenvalue weighted by Gasteiger charge is 2.29. The summed E-state index contributed by atoms with van der Waals surface area (Å²) in [5, 5.41) is 8.92. The second-order valence-corrected chi connectivity index (χ2v) is 4.53. The number of nitrogens with two attached hydrogens (primary N) is 1. The SMILES string of the molecule is Cc1[nH]nc(NC(=O)Cc2ccc(C(F)(F)F)cc2)c1N. The molecule has 1 aromatic carbocycles. The van der Waals surface area contributed by atoms with E-state index < -0.39 is 17.6 Å². The number of halogens is 3. The normalized spacial score (nSPS) is 11.4. The first-order valence-corrected chi connectivity index (χ1v) is 6.04. The van der Waals surface area contributed by atoms with Gasteiger partial charge < -0.3 is 11.1 Å². The van der Waals surface area contributed by atoms with Gasteiger partial charge in [-0.1, -0.05) is 12.1 Å². The van der Waals surface area contributed by atoms with Crippen LogP contribution in [0.5, 0.6) is 0 Å². The fraction of sp³-hybridized carbons (Fsp3) is 0.231. The summed E-state index contributed by atoms with van der Waals surface area (Å²) in [4.78, 5) is 11.8. The van der Waals surface area contributed by atoms with E-state index in [2.05, 4.69) is 15.5 Å². The zero-order valence-corrected chi connectivity index (χ0v) is 11.1. The van der Waals surface area contributed by atoms with Crippen LogP contribution >= 0.6 is 0 Å². The lowest BCUT2D eigenvalue weighted by Gasteiger charge is -2.07.